The molecular formula is C24H27ClN2O4S. The van der Waals surface area contributed by atoms with Crippen LogP contribution in [0.3, 0.4) is 0 Å². The fraction of sp³-hybridized carbons (Fsp3) is 0.292. The molecule has 0 aliphatic rings. The molecule has 170 valence electrons. The number of hydroxylamine groups is 1. The SMILES string of the molecule is CCCC[C@@H](CC(=O)NOCc1ccccc1)NS(=O)(=O)c1ccc2c(Cl)cccc2c1. The number of halogens is 1. The number of hydrogen-bond donors (Lipinski definition) is 2. The van der Waals surface area contributed by atoms with Crippen LogP contribution < -0.4 is 10.2 Å². The van der Waals surface area contributed by atoms with E-state index >= 15 is 0 Å². The van der Waals surface area contributed by atoms with Gasteiger partial charge in [0.25, 0.3) is 0 Å². The molecule has 1 atom stereocenters. The van der Waals surface area contributed by atoms with Crippen molar-refractivity contribution in [1.29, 1.82) is 0 Å². The fourth-order valence-corrected chi connectivity index (χ4v) is 4.92. The van der Waals surface area contributed by atoms with E-state index in [0.717, 1.165) is 29.2 Å². The summed E-state index contributed by atoms with van der Waals surface area (Å²) in [5, 5.41) is 2.08. The molecule has 0 spiro atoms. The minimum atomic E-state index is -3.82. The first-order valence-corrected chi connectivity index (χ1v) is 12.4. The predicted octanol–water partition coefficient (Wildman–Crippen LogP) is 4.97. The van der Waals surface area contributed by atoms with E-state index in [1.165, 1.54) is 6.07 Å². The van der Waals surface area contributed by atoms with Crippen LogP contribution in [0.5, 0.6) is 0 Å². The van der Waals surface area contributed by atoms with E-state index in [-0.39, 0.29) is 23.8 Å². The van der Waals surface area contributed by atoms with Gasteiger partial charge in [-0.3, -0.25) is 9.63 Å². The Balaban J connectivity index is 1.65. The molecule has 32 heavy (non-hydrogen) atoms. The quantitative estimate of drug-likeness (QED) is 0.384. The van der Waals surface area contributed by atoms with Crippen LogP contribution in [0.4, 0.5) is 0 Å². The summed E-state index contributed by atoms with van der Waals surface area (Å²) < 4.78 is 28.7. The molecule has 0 bridgehead atoms. The zero-order valence-corrected chi connectivity index (χ0v) is 19.5. The molecule has 3 aromatic carbocycles. The standard InChI is InChI=1S/C24H27ClN2O4S/c1-2-3-11-20(16-24(28)26-31-17-18-8-5-4-6-9-18)27-32(29,30)21-13-14-22-19(15-21)10-7-12-23(22)25/h4-10,12-15,20,27H,2-3,11,16-17H2,1H3,(H,26,28)/t20-/m0/s1. The molecule has 0 unspecified atom stereocenters. The van der Waals surface area contributed by atoms with Crippen molar-refractivity contribution in [3.63, 3.8) is 0 Å². The van der Waals surface area contributed by atoms with Gasteiger partial charge in [0.1, 0.15) is 0 Å². The Kier molecular flexibility index (Phi) is 8.64. The van der Waals surface area contributed by atoms with Crippen LogP contribution in [0, 0.1) is 0 Å². The van der Waals surface area contributed by atoms with E-state index in [9.17, 15) is 13.2 Å². The Bertz CT molecular complexity index is 1150. The minimum absolute atomic E-state index is 0.0204. The molecular weight excluding hydrogens is 448 g/mol. The molecule has 1 amide bonds. The van der Waals surface area contributed by atoms with Gasteiger partial charge in [-0.2, -0.15) is 0 Å². The van der Waals surface area contributed by atoms with Gasteiger partial charge in [-0.25, -0.2) is 18.6 Å². The monoisotopic (exact) mass is 474 g/mol. The average molecular weight is 475 g/mol. The summed E-state index contributed by atoms with van der Waals surface area (Å²) in [5.74, 6) is -0.380. The molecule has 0 aliphatic carbocycles. The lowest BCUT2D eigenvalue weighted by Crippen LogP contribution is -2.39. The summed E-state index contributed by atoms with van der Waals surface area (Å²) in [7, 11) is -3.82. The minimum Gasteiger partial charge on any atom is -0.273 e. The van der Waals surface area contributed by atoms with Crippen molar-refractivity contribution in [2.75, 3.05) is 0 Å². The van der Waals surface area contributed by atoms with Gasteiger partial charge in [0.15, 0.2) is 0 Å². The lowest BCUT2D eigenvalue weighted by molar-refractivity contribution is -0.135. The van der Waals surface area contributed by atoms with Crippen LogP contribution in [0.1, 0.15) is 38.2 Å². The number of carbonyl (C=O) groups excluding carboxylic acids is 1. The molecule has 2 N–H and O–H groups in total. The van der Waals surface area contributed by atoms with Crippen molar-refractivity contribution < 1.29 is 18.0 Å². The van der Waals surface area contributed by atoms with E-state index in [1.54, 1.807) is 24.3 Å². The summed E-state index contributed by atoms with van der Waals surface area (Å²) in [5.41, 5.74) is 3.33. The van der Waals surface area contributed by atoms with E-state index < -0.39 is 16.1 Å². The number of sulfonamides is 1. The van der Waals surface area contributed by atoms with Crippen LogP contribution in [-0.4, -0.2) is 20.4 Å². The van der Waals surface area contributed by atoms with E-state index in [1.807, 2.05) is 43.3 Å². The molecule has 0 saturated heterocycles. The van der Waals surface area contributed by atoms with Crippen LogP contribution in [0.15, 0.2) is 71.6 Å². The normalized spacial score (nSPS) is 12.6. The zero-order chi connectivity index (χ0) is 23.0. The Hall–Kier alpha value is -2.45. The highest BCUT2D eigenvalue weighted by Crippen LogP contribution is 2.26. The molecule has 0 aliphatic heterocycles. The van der Waals surface area contributed by atoms with Crippen molar-refractivity contribution in [2.24, 2.45) is 0 Å². The molecule has 0 saturated carbocycles. The van der Waals surface area contributed by atoms with Crippen LogP contribution >= 0.6 is 11.6 Å². The smallest absolute Gasteiger partial charge is 0.245 e. The number of benzene rings is 3. The van der Waals surface area contributed by atoms with Gasteiger partial charge < -0.3 is 0 Å². The highest BCUT2D eigenvalue weighted by molar-refractivity contribution is 7.89. The summed E-state index contributed by atoms with van der Waals surface area (Å²) in [6.45, 7) is 2.25. The van der Waals surface area contributed by atoms with Gasteiger partial charge in [0.05, 0.1) is 11.5 Å². The highest BCUT2D eigenvalue weighted by Gasteiger charge is 2.22. The van der Waals surface area contributed by atoms with Crippen molar-refractivity contribution >= 4 is 38.3 Å². The van der Waals surface area contributed by atoms with Gasteiger partial charge in [-0.1, -0.05) is 79.9 Å². The second kappa shape index (κ2) is 11.4. The Morgan fingerprint density at radius 2 is 1.84 bits per heavy atom. The van der Waals surface area contributed by atoms with Crippen LogP contribution in [0.25, 0.3) is 10.8 Å². The van der Waals surface area contributed by atoms with E-state index in [2.05, 4.69) is 10.2 Å². The van der Waals surface area contributed by atoms with Gasteiger partial charge >= 0.3 is 0 Å². The maximum Gasteiger partial charge on any atom is 0.245 e. The third kappa shape index (κ3) is 6.77. The molecule has 3 rings (SSSR count). The maximum absolute atomic E-state index is 13.0. The van der Waals surface area contributed by atoms with Crippen molar-refractivity contribution in [2.45, 2.75) is 50.2 Å². The highest BCUT2D eigenvalue weighted by atomic mass is 35.5. The maximum atomic E-state index is 13.0. The molecule has 6 nitrogen and oxygen atoms in total. The second-order valence-corrected chi connectivity index (χ2v) is 9.71. The number of hydrogen-bond acceptors (Lipinski definition) is 4. The Morgan fingerprint density at radius 3 is 2.59 bits per heavy atom. The summed E-state index contributed by atoms with van der Waals surface area (Å²) >= 11 is 6.18. The molecule has 0 radical (unpaired) electrons. The molecule has 8 heteroatoms. The number of fused-ring (bicyclic) bond motifs is 1. The van der Waals surface area contributed by atoms with Gasteiger partial charge in [-0.15, -0.1) is 0 Å². The average Bonchev–Trinajstić information content (AvgIpc) is 2.78. The van der Waals surface area contributed by atoms with Gasteiger partial charge in [-0.05, 0) is 35.6 Å². The molecule has 3 aromatic rings. The molecule has 0 aromatic heterocycles. The largest absolute Gasteiger partial charge is 0.273 e. The first-order chi connectivity index (χ1) is 15.4. The molecule has 0 heterocycles. The van der Waals surface area contributed by atoms with Gasteiger partial charge in [0, 0.05) is 22.9 Å². The van der Waals surface area contributed by atoms with Crippen molar-refractivity contribution in [1.82, 2.24) is 10.2 Å². The Morgan fingerprint density at radius 1 is 1.06 bits per heavy atom. The Labute approximate surface area is 193 Å². The van der Waals surface area contributed by atoms with Crippen molar-refractivity contribution in [3.05, 3.63) is 77.3 Å². The summed E-state index contributed by atoms with van der Waals surface area (Å²) in [6, 6.07) is 19.1. The lowest BCUT2D eigenvalue weighted by Gasteiger charge is -2.18. The van der Waals surface area contributed by atoms with Crippen molar-refractivity contribution in [3.8, 4) is 0 Å². The van der Waals surface area contributed by atoms with Crippen LogP contribution in [0.2, 0.25) is 5.02 Å². The van der Waals surface area contributed by atoms with Crippen LogP contribution in [-0.2, 0) is 26.3 Å². The number of unbranched alkanes of at least 4 members (excludes halogenated alkanes) is 1. The number of carbonyl (C=O) groups is 1. The van der Waals surface area contributed by atoms with Gasteiger partial charge in [0.2, 0.25) is 15.9 Å². The zero-order valence-electron chi connectivity index (χ0n) is 17.9. The first-order valence-electron chi connectivity index (χ1n) is 10.5. The number of amides is 1. The summed E-state index contributed by atoms with van der Waals surface area (Å²) in [4.78, 5) is 17.8. The third-order valence-electron chi connectivity index (χ3n) is 5.04. The van der Waals surface area contributed by atoms with E-state index in [4.69, 9.17) is 16.4 Å². The first kappa shape index (κ1) is 24.2. The fourth-order valence-electron chi connectivity index (χ4n) is 3.37. The number of rotatable bonds is 11. The van der Waals surface area contributed by atoms with E-state index in [0.29, 0.717) is 11.4 Å². The lowest BCUT2D eigenvalue weighted by atomic mass is 10.1. The third-order valence-corrected chi connectivity index (χ3v) is 6.88. The molecule has 0 fully saturated rings. The summed E-state index contributed by atoms with van der Waals surface area (Å²) in [6.07, 6.45) is 2.20. The topological polar surface area (TPSA) is 84.5 Å². The predicted molar refractivity (Wildman–Crippen MR) is 127 cm³/mol. The number of nitrogens with one attached hydrogen (secondary N) is 2. The second-order valence-electron chi connectivity index (χ2n) is 7.59.